The number of amides is 1. The summed E-state index contributed by atoms with van der Waals surface area (Å²) in [6, 6.07) is 22.6. The van der Waals surface area contributed by atoms with E-state index in [9.17, 15) is 4.79 Å². The molecule has 0 radical (unpaired) electrons. The highest BCUT2D eigenvalue weighted by Crippen LogP contribution is 2.33. The molecule has 0 aromatic heterocycles. The summed E-state index contributed by atoms with van der Waals surface area (Å²) in [7, 11) is 0. The van der Waals surface area contributed by atoms with Gasteiger partial charge in [0.2, 0.25) is 5.91 Å². The Kier molecular flexibility index (Phi) is 5.55. The Hall–Kier alpha value is -2.17. The van der Waals surface area contributed by atoms with E-state index in [1.807, 2.05) is 11.8 Å². The Balaban J connectivity index is 1.40. The Labute approximate surface area is 162 Å². The normalized spacial score (nSPS) is 19.3. The van der Waals surface area contributed by atoms with E-state index >= 15 is 0 Å². The molecular weight excluding hydrogens is 334 g/mol. The van der Waals surface area contributed by atoms with E-state index in [-0.39, 0.29) is 5.91 Å². The van der Waals surface area contributed by atoms with Gasteiger partial charge in [-0.2, -0.15) is 0 Å². The number of hydrogen-bond acceptors (Lipinski definition) is 3. The van der Waals surface area contributed by atoms with Crippen LogP contribution in [-0.4, -0.2) is 65.9 Å². The van der Waals surface area contributed by atoms with E-state index in [0.29, 0.717) is 18.5 Å². The topological polar surface area (TPSA) is 26.8 Å². The van der Waals surface area contributed by atoms with Crippen molar-refractivity contribution in [3.05, 3.63) is 71.8 Å². The van der Waals surface area contributed by atoms with Crippen LogP contribution in [0, 0.1) is 0 Å². The van der Waals surface area contributed by atoms with Crippen LogP contribution in [-0.2, 0) is 4.79 Å². The highest BCUT2D eigenvalue weighted by atomic mass is 16.2. The lowest BCUT2D eigenvalue weighted by molar-refractivity contribution is -0.133. The van der Waals surface area contributed by atoms with Crippen molar-refractivity contribution in [2.75, 3.05) is 39.3 Å². The molecule has 0 atom stereocenters. The lowest BCUT2D eigenvalue weighted by Crippen LogP contribution is -2.63. The number of carbonyl (C=O) groups is 1. The van der Waals surface area contributed by atoms with E-state index in [0.717, 1.165) is 39.3 Å². The van der Waals surface area contributed by atoms with Crippen LogP contribution in [0.3, 0.4) is 0 Å². The molecule has 142 valence electrons. The smallest absolute Gasteiger partial charge is 0.222 e. The number of hydrogen-bond donors (Lipinski definition) is 0. The average Bonchev–Trinajstić information content (AvgIpc) is 2.71. The molecular formula is C23H29N3O. The second-order valence-corrected chi connectivity index (χ2v) is 7.60. The Morgan fingerprint density at radius 1 is 0.889 bits per heavy atom. The third-order valence-electron chi connectivity index (χ3n) is 5.97. The molecule has 2 heterocycles. The van der Waals surface area contributed by atoms with E-state index in [2.05, 4.69) is 70.5 Å². The van der Waals surface area contributed by atoms with Crippen molar-refractivity contribution >= 4 is 5.91 Å². The summed E-state index contributed by atoms with van der Waals surface area (Å²) in [5, 5.41) is 0. The number of rotatable bonds is 5. The van der Waals surface area contributed by atoms with Crippen molar-refractivity contribution in [2.45, 2.75) is 25.4 Å². The standard InChI is InChI=1S/C23H29N3O/c1-2-22(27)25-15-13-24(14-16-25)21-17-26(18-21)23(19-9-5-3-6-10-19)20-11-7-4-8-12-20/h3-12,21,23H,2,13-18H2,1H3. The molecule has 2 aliphatic rings. The van der Waals surface area contributed by atoms with Crippen LogP contribution in [0.25, 0.3) is 0 Å². The van der Waals surface area contributed by atoms with Gasteiger partial charge in [-0.05, 0) is 11.1 Å². The van der Waals surface area contributed by atoms with Crippen LogP contribution in [0.4, 0.5) is 0 Å². The zero-order chi connectivity index (χ0) is 18.6. The molecule has 4 heteroatoms. The number of likely N-dealkylation sites (tertiary alicyclic amines) is 1. The monoisotopic (exact) mass is 363 g/mol. The Bertz CT molecular complexity index is 695. The van der Waals surface area contributed by atoms with Gasteiger partial charge in [0.05, 0.1) is 6.04 Å². The maximum absolute atomic E-state index is 11.9. The van der Waals surface area contributed by atoms with Gasteiger partial charge >= 0.3 is 0 Å². The summed E-state index contributed by atoms with van der Waals surface area (Å²) in [5.41, 5.74) is 2.72. The number of nitrogens with zero attached hydrogens (tertiary/aromatic N) is 3. The molecule has 0 N–H and O–H groups in total. The van der Waals surface area contributed by atoms with E-state index in [1.165, 1.54) is 11.1 Å². The highest BCUT2D eigenvalue weighted by Gasteiger charge is 2.38. The SMILES string of the molecule is CCC(=O)N1CCN(C2CN(C(c3ccccc3)c3ccccc3)C2)CC1. The molecule has 0 unspecified atom stereocenters. The van der Waals surface area contributed by atoms with Gasteiger partial charge in [-0.15, -0.1) is 0 Å². The Morgan fingerprint density at radius 3 is 1.89 bits per heavy atom. The third kappa shape index (κ3) is 3.92. The molecule has 4 nitrogen and oxygen atoms in total. The molecule has 0 bridgehead atoms. The molecule has 2 fully saturated rings. The van der Waals surface area contributed by atoms with Gasteiger partial charge in [0.15, 0.2) is 0 Å². The molecule has 0 spiro atoms. The predicted molar refractivity (Wildman–Crippen MR) is 109 cm³/mol. The van der Waals surface area contributed by atoms with Crippen molar-refractivity contribution in [3.8, 4) is 0 Å². The molecule has 27 heavy (non-hydrogen) atoms. The summed E-state index contributed by atoms with van der Waals surface area (Å²) in [6.45, 7) is 7.91. The second kappa shape index (κ2) is 8.24. The summed E-state index contributed by atoms with van der Waals surface area (Å²) in [6.07, 6.45) is 0.618. The van der Waals surface area contributed by atoms with Gasteiger partial charge in [-0.1, -0.05) is 67.6 Å². The van der Waals surface area contributed by atoms with Crippen LogP contribution >= 0.6 is 0 Å². The van der Waals surface area contributed by atoms with Crippen LogP contribution in [0.2, 0.25) is 0 Å². The zero-order valence-electron chi connectivity index (χ0n) is 16.1. The average molecular weight is 364 g/mol. The zero-order valence-corrected chi connectivity index (χ0v) is 16.1. The summed E-state index contributed by atoms with van der Waals surface area (Å²) >= 11 is 0. The summed E-state index contributed by atoms with van der Waals surface area (Å²) in [5.74, 6) is 0.290. The van der Waals surface area contributed by atoms with E-state index in [1.54, 1.807) is 0 Å². The maximum Gasteiger partial charge on any atom is 0.222 e. The molecule has 4 rings (SSSR count). The van der Waals surface area contributed by atoms with Crippen molar-refractivity contribution < 1.29 is 4.79 Å². The predicted octanol–water partition coefficient (Wildman–Crippen LogP) is 3.01. The lowest BCUT2D eigenvalue weighted by Gasteiger charge is -2.51. The van der Waals surface area contributed by atoms with Gasteiger partial charge in [-0.25, -0.2) is 0 Å². The highest BCUT2D eigenvalue weighted by molar-refractivity contribution is 5.75. The van der Waals surface area contributed by atoms with Crippen molar-refractivity contribution in [3.63, 3.8) is 0 Å². The summed E-state index contributed by atoms with van der Waals surface area (Å²) in [4.78, 5) is 19.1. The van der Waals surface area contributed by atoms with Gasteiger partial charge in [-0.3, -0.25) is 14.6 Å². The van der Waals surface area contributed by atoms with Crippen molar-refractivity contribution in [1.29, 1.82) is 0 Å². The van der Waals surface area contributed by atoms with E-state index < -0.39 is 0 Å². The van der Waals surface area contributed by atoms with Gasteiger partial charge < -0.3 is 4.90 Å². The summed E-state index contributed by atoms with van der Waals surface area (Å²) < 4.78 is 0. The van der Waals surface area contributed by atoms with Crippen LogP contribution in [0.1, 0.15) is 30.5 Å². The number of carbonyl (C=O) groups excluding carboxylic acids is 1. The molecule has 0 aliphatic carbocycles. The minimum atomic E-state index is 0.290. The first-order chi connectivity index (χ1) is 13.3. The fourth-order valence-electron chi connectivity index (χ4n) is 4.37. The van der Waals surface area contributed by atoms with Gasteiger partial charge in [0.1, 0.15) is 0 Å². The molecule has 2 aliphatic heterocycles. The maximum atomic E-state index is 11.9. The first kappa shape index (κ1) is 18.2. The molecule has 0 saturated carbocycles. The molecule has 2 saturated heterocycles. The first-order valence-corrected chi connectivity index (χ1v) is 10.1. The second-order valence-electron chi connectivity index (χ2n) is 7.60. The fourth-order valence-corrected chi connectivity index (χ4v) is 4.37. The first-order valence-electron chi connectivity index (χ1n) is 10.1. The fraction of sp³-hybridized carbons (Fsp3) is 0.435. The number of benzene rings is 2. The van der Waals surface area contributed by atoms with Crippen LogP contribution in [0.15, 0.2) is 60.7 Å². The molecule has 2 aromatic rings. The van der Waals surface area contributed by atoms with Crippen molar-refractivity contribution in [1.82, 2.24) is 14.7 Å². The van der Waals surface area contributed by atoms with Crippen molar-refractivity contribution in [2.24, 2.45) is 0 Å². The molecule has 1 amide bonds. The lowest BCUT2D eigenvalue weighted by atomic mass is 9.92. The quantitative estimate of drug-likeness (QED) is 0.817. The largest absolute Gasteiger partial charge is 0.340 e. The third-order valence-corrected chi connectivity index (χ3v) is 5.97. The number of piperazine rings is 1. The van der Waals surface area contributed by atoms with Gasteiger partial charge in [0, 0.05) is 51.7 Å². The Morgan fingerprint density at radius 2 is 1.41 bits per heavy atom. The molecule has 2 aromatic carbocycles. The van der Waals surface area contributed by atoms with Crippen LogP contribution < -0.4 is 0 Å². The van der Waals surface area contributed by atoms with Crippen LogP contribution in [0.5, 0.6) is 0 Å². The minimum Gasteiger partial charge on any atom is -0.340 e. The van der Waals surface area contributed by atoms with Gasteiger partial charge in [0.25, 0.3) is 0 Å². The minimum absolute atomic E-state index is 0.290. The van der Waals surface area contributed by atoms with E-state index in [4.69, 9.17) is 0 Å².